The number of carbonyl (C=O) groups excluding carboxylic acids is 1. The maximum atomic E-state index is 13.2. The molecule has 32 heavy (non-hydrogen) atoms. The zero-order valence-electron chi connectivity index (χ0n) is 18.2. The van der Waals surface area contributed by atoms with Gasteiger partial charge in [0.25, 0.3) is 10.0 Å². The number of ether oxygens (including phenoxy) is 2. The van der Waals surface area contributed by atoms with Crippen molar-refractivity contribution in [2.75, 3.05) is 13.7 Å². The van der Waals surface area contributed by atoms with E-state index in [1.807, 2.05) is 19.9 Å². The normalized spacial score (nSPS) is 14.9. The third-order valence-electron chi connectivity index (χ3n) is 5.43. The molecule has 0 bridgehead atoms. The van der Waals surface area contributed by atoms with Gasteiger partial charge in [-0.1, -0.05) is 32.0 Å². The minimum absolute atomic E-state index is 0.0658. The number of sulfonamides is 1. The van der Waals surface area contributed by atoms with Gasteiger partial charge in [0.1, 0.15) is 10.6 Å². The molecular formula is C23H25N3O5S. The van der Waals surface area contributed by atoms with Crippen LogP contribution in [0.4, 0.5) is 0 Å². The van der Waals surface area contributed by atoms with E-state index in [0.717, 1.165) is 0 Å². The van der Waals surface area contributed by atoms with Gasteiger partial charge in [0.15, 0.2) is 0 Å². The number of aromatic nitrogens is 2. The van der Waals surface area contributed by atoms with E-state index in [1.54, 1.807) is 24.3 Å². The highest BCUT2D eigenvalue weighted by Gasteiger charge is 2.54. The standard InChI is InChI=1S/C23H25N3O5S/c1-15(2)14-31-20-13-25-21(30-3)11-18(20)23(8-9-23)22(27)26-32(28,29)17-10-16-6-4-5-7-19(16)24-12-17/h4-7,10-13,15H,8-9,14H2,1-3H3,(H,26,27). The van der Waals surface area contributed by atoms with Crippen LogP contribution in [-0.2, 0) is 20.2 Å². The van der Waals surface area contributed by atoms with Crippen LogP contribution < -0.4 is 14.2 Å². The Morgan fingerprint density at radius 3 is 2.59 bits per heavy atom. The molecule has 2 heterocycles. The molecule has 1 aromatic carbocycles. The van der Waals surface area contributed by atoms with Crippen LogP contribution in [0.25, 0.3) is 10.9 Å². The third kappa shape index (κ3) is 4.25. The molecule has 9 heteroatoms. The summed E-state index contributed by atoms with van der Waals surface area (Å²) in [6, 6.07) is 10.3. The predicted molar refractivity (Wildman–Crippen MR) is 119 cm³/mol. The van der Waals surface area contributed by atoms with E-state index in [4.69, 9.17) is 9.47 Å². The second-order valence-corrected chi connectivity index (χ2v) is 9.99. The summed E-state index contributed by atoms with van der Waals surface area (Å²) < 4.78 is 39.3. The van der Waals surface area contributed by atoms with E-state index in [-0.39, 0.29) is 10.8 Å². The molecule has 0 aliphatic heterocycles. The Balaban J connectivity index is 1.64. The maximum Gasteiger partial charge on any atom is 0.265 e. The summed E-state index contributed by atoms with van der Waals surface area (Å²) in [5.41, 5.74) is 0.237. The Morgan fingerprint density at radius 1 is 1.16 bits per heavy atom. The van der Waals surface area contributed by atoms with E-state index in [2.05, 4.69) is 14.7 Å². The highest BCUT2D eigenvalue weighted by Crippen LogP contribution is 2.52. The Hall–Kier alpha value is -3.20. The molecule has 4 rings (SSSR count). The Morgan fingerprint density at radius 2 is 1.91 bits per heavy atom. The lowest BCUT2D eigenvalue weighted by Gasteiger charge is -2.20. The SMILES string of the molecule is COc1cc(C2(C(=O)NS(=O)(=O)c3cnc4ccccc4c3)CC2)c(OCC(C)C)cn1. The fourth-order valence-corrected chi connectivity index (χ4v) is 4.53. The second kappa shape index (κ2) is 8.38. The third-order valence-corrected chi connectivity index (χ3v) is 6.72. The number of fused-ring (bicyclic) bond motifs is 1. The summed E-state index contributed by atoms with van der Waals surface area (Å²) in [6.07, 6.45) is 3.76. The van der Waals surface area contributed by atoms with Crippen molar-refractivity contribution in [1.82, 2.24) is 14.7 Å². The van der Waals surface area contributed by atoms with E-state index in [9.17, 15) is 13.2 Å². The van der Waals surface area contributed by atoms with Crippen molar-refractivity contribution in [3.8, 4) is 11.6 Å². The molecule has 1 saturated carbocycles. The number of benzene rings is 1. The zero-order valence-corrected chi connectivity index (χ0v) is 19.0. The number of nitrogens with one attached hydrogen (secondary N) is 1. The van der Waals surface area contributed by atoms with Gasteiger partial charge in [-0.05, 0) is 30.9 Å². The van der Waals surface area contributed by atoms with Gasteiger partial charge in [0.05, 0.1) is 30.8 Å². The van der Waals surface area contributed by atoms with Crippen LogP contribution in [0, 0.1) is 5.92 Å². The largest absolute Gasteiger partial charge is 0.491 e. The summed E-state index contributed by atoms with van der Waals surface area (Å²) in [5, 5.41) is 0.673. The van der Waals surface area contributed by atoms with Crippen molar-refractivity contribution in [1.29, 1.82) is 0 Å². The van der Waals surface area contributed by atoms with E-state index < -0.39 is 21.3 Å². The molecule has 3 aromatic rings. The Kier molecular flexibility index (Phi) is 5.77. The first kappa shape index (κ1) is 22.0. The highest BCUT2D eigenvalue weighted by atomic mass is 32.2. The zero-order chi connectivity index (χ0) is 22.9. The number of methoxy groups -OCH3 is 1. The number of hydrogen-bond donors (Lipinski definition) is 1. The Bertz CT molecular complexity index is 1270. The van der Waals surface area contributed by atoms with Crippen molar-refractivity contribution in [2.45, 2.75) is 37.0 Å². The van der Waals surface area contributed by atoms with Crippen molar-refractivity contribution >= 4 is 26.8 Å². The molecule has 0 unspecified atom stereocenters. The van der Waals surface area contributed by atoms with Crippen LogP contribution in [0.1, 0.15) is 32.3 Å². The molecule has 1 N–H and O–H groups in total. The van der Waals surface area contributed by atoms with Crippen molar-refractivity contribution < 1.29 is 22.7 Å². The Labute approximate surface area is 187 Å². The summed E-state index contributed by atoms with van der Waals surface area (Å²) in [6.45, 7) is 4.47. The molecule has 2 aromatic heterocycles. The maximum absolute atomic E-state index is 13.2. The van der Waals surface area contributed by atoms with Gasteiger partial charge in [0.2, 0.25) is 11.8 Å². The highest BCUT2D eigenvalue weighted by molar-refractivity contribution is 7.90. The summed E-state index contributed by atoms with van der Waals surface area (Å²) in [5.74, 6) is 0.456. The molecular weight excluding hydrogens is 430 g/mol. The van der Waals surface area contributed by atoms with Crippen LogP contribution in [0.3, 0.4) is 0 Å². The van der Waals surface area contributed by atoms with Crippen LogP contribution in [-0.4, -0.2) is 38.0 Å². The van der Waals surface area contributed by atoms with Crippen LogP contribution in [0.5, 0.6) is 11.6 Å². The second-order valence-electron chi connectivity index (χ2n) is 8.31. The van der Waals surface area contributed by atoms with Gasteiger partial charge >= 0.3 is 0 Å². The molecule has 1 fully saturated rings. The number of amides is 1. The van der Waals surface area contributed by atoms with Crippen LogP contribution in [0.15, 0.2) is 53.7 Å². The molecule has 1 aliphatic carbocycles. The number of pyridine rings is 2. The first-order valence-corrected chi connectivity index (χ1v) is 11.8. The lowest BCUT2D eigenvalue weighted by molar-refractivity contribution is -0.121. The first-order valence-electron chi connectivity index (χ1n) is 10.3. The number of carbonyl (C=O) groups is 1. The predicted octanol–water partition coefficient (Wildman–Crippen LogP) is 3.21. The summed E-state index contributed by atoms with van der Waals surface area (Å²) in [4.78, 5) is 21.6. The molecule has 1 aliphatic rings. The van der Waals surface area contributed by atoms with Gasteiger partial charge < -0.3 is 9.47 Å². The first-order chi connectivity index (χ1) is 15.2. The molecule has 0 saturated heterocycles. The number of hydrogen-bond acceptors (Lipinski definition) is 7. The van der Waals surface area contributed by atoms with Crippen LogP contribution >= 0.6 is 0 Å². The van der Waals surface area contributed by atoms with Gasteiger partial charge in [-0.25, -0.2) is 18.1 Å². The van der Waals surface area contributed by atoms with Crippen LogP contribution in [0.2, 0.25) is 0 Å². The smallest absolute Gasteiger partial charge is 0.265 e. The minimum Gasteiger partial charge on any atom is -0.491 e. The topological polar surface area (TPSA) is 107 Å². The number of rotatable bonds is 8. The monoisotopic (exact) mass is 455 g/mol. The number of nitrogens with zero attached hydrogens (tertiary/aromatic N) is 2. The lowest BCUT2D eigenvalue weighted by Crippen LogP contribution is -2.39. The van der Waals surface area contributed by atoms with E-state index in [1.165, 1.54) is 25.6 Å². The van der Waals surface area contributed by atoms with Gasteiger partial charge in [-0.15, -0.1) is 0 Å². The molecule has 0 spiro atoms. The lowest BCUT2D eigenvalue weighted by atomic mass is 9.95. The average Bonchev–Trinajstić information content (AvgIpc) is 3.59. The van der Waals surface area contributed by atoms with Crippen molar-refractivity contribution in [3.05, 3.63) is 54.4 Å². The fourth-order valence-electron chi connectivity index (χ4n) is 3.50. The fraction of sp³-hybridized carbons (Fsp3) is 0.348. The molecule has 1 amide bonds. The molecule has 8 nitrogen and oxygen atoms in total. The van der Waals surface area contributed by atoms with E-state index in [0.29, 0.717) is 47.5 Å². The van der Waals surface area contributed by atoms with Gasteiger partial charge in [-0.3, -0.25) is 9.78 Å². The molecule has 0 atom stereocenters. The van der Waals surface area contributed by atoms with Crippen molar-refractivity contribution in [3.63, 3.8) is 0 Å². The van der Waals surface area contributed by atoms with E-state index >= 15 is 0 Å². The summed E-state index contributed by atoms with van der Waals surface area (Å²) >= 11 is 0. The molecule has 168 valence electrons. The summed E-state index contributed by atoms with van der Waals surface area (Å²) in [7, 11) is -2.62. The van der Waals surface area contributed by atoms with Crippen molar-refractivity contribution in [2.24, 2.45) is 5.92 Å². The van der Waals surface area contributed by atoms with Gasteiger partial charge in [-0.2, -0.15) is 0 Å². The quantitative estimate of drug-likeness (QED) is 0.556. The molecule has 0 radical (unpaired) electrons. The number of para-hydroxylation sites is 1. The van der Waals surface area contributed by atoms with Gasteiger partial charge in [0, 0.05) is 23.2 Å². The minimum atomic E-state index is -4.11. The average molecular weight is 456 g/mol.